The van der Waals surface area contributed by atoms with E-state index in [0.717, 1.165) is 34.3 Å². The summed E-state index contributed by atoms with van der Waals surface area (Å²) in [6.45, 7) is 5.17. The molecule has 4 rings (SSSR count). The van der Waals surface area contributed by atoms with E-state index in [9.17, 15) is 17.6 Å². The molecule has 1 N–H and O–H groups in total. The van der Waals surface area contributed by atoms with Gasteiger partial charge in [-0.15, -0.1) is 0 Å². The number of halogens is 4. The molecule has 1 saturated heterocycles. The number of aromatic amines is 1. The number of rotatable bonds is 5. The molecule has 1 aromatic heterocycles. The van der Waals surface area contributed by atoms with Crippen LogP contribution in [0.4, 0.5) is 17.6 Å². The number of nitrogens with zero attached hydrogens (tertiary/aromatic N) is 2. The minimum absolute atomic E-state index is 0.173. The van der Waals surface area contributed by atoms with Crippen molar-refractivity contribution in [1.82, 2.24) is 14.9 Å². The highest BCUT2D eigenvalue weighted by Crippen LogP contribution is 2.29. The average Bonchev–Trinajstić information content (AvgIpc) is 3.22. The van der Waals surface area contributed by atoms with Gasteiger partial charge in [0.15, 0.2) is 0 Å². The Labute approximate surface area is 171 Å². The molecule has 2 unspecified atom stereocenters. The lowest BCUT2D eigenvalue weighted by molar-refractivity contribution is -0.137. The summed E-state index contributed by atoms with van der Waals surface area (Å²) in [4.78, 5) is 9.56. The molecule has 1 aliphatic heterocycles. The standard InChI is InChI=1S/C22H23F4N3O/c1-13-7-18-19(8-14(13)2)28-21(27-18)12-30-20-11-29(10-17(20)23)9-15-3-5-16(6-4-15)22(24,25)26/h3-8,17,20H,9-12H2,1-2H3,(H,27,28). The summed E-state index contributed by atoms with van der Waals surface area (Å²) in [5.74, 6) is 0.642. The first-order valence-electron chi connectivity index (χ1n) is 9.79. The molecule has 1 fully saturated rings. The largest absolute Gasteiger partial charge is 0.416 e. The van der Waals surface area contributed by atoms with Crippen LogP contribution in [0.2, 0.25) is 0 Å². The van der Waals surface area contributed by atoms with Gasteiger partial charge >= 0.3 is 6.18 Å². The van der Waals surface area contributed by atoms with Gasteiger partial charge in [-0.25, -0.2) is 9.37 Å². The summed E-state index contributed by atoms with van der Waals surface area (Å²) < 4.78 is 58.2. The first-order valence-corrected chi connectivity index (χ1v) is 9.79. The molecular formula is C22H23F4N3O. The first-order chi connectivity index (χ1) is 14.2. The van der Waals surface area contributed by atoms with Crippen molar-refractivity contribution in [3.05, 3.63) is 64.5 Å². The minimum Gasteiger partial charge on any atom is -0.366 e. The van der Waals surface area contributed by atoms with Gasteiger partial charge in [-0.2, -0.15) is 13.2 Å². The number of likely N-dealkylation sites (tertiary alicyclic amines) is 1. The molecule has 8 heteroatoms. The minimum atomic E-state index is -4.36. The number of H-pyrrole nitrogens is 1. The topological polar surface area (TPSA) is 41.1 Å². The van der Waals surface area contributed by atoms with Gasteiger partial charge in [-0.3, -0.25) is 4.90 Å². The highest BCUT2D eigenvalue weighted by atomic mass is 19.4. The molecule has 1 aliphatic rings. The zero-order valence-corrected chi connectivity index (χ0v) is 16.8. The van der Waals surface area contributed by atoms with Crippen molar-refractivity contribution in [2.45, 2.75) is 45.5 Å². The number of nitrogens with one attached hydrogen (secondary N) is 1. The second-order valence-electron chi connectivity index (χ2n) is 7.89. The van der Waals surface area contributed by atoms with E-state index in [-0.39, 0.29) is 13.2 Å². The maximum absolute atomic E-state index is 14.4. The monoisotopic (exact) mass is 421 g/mol. The van der Waals surface area contributed by atoms with Crippen LogP contribution in [0.1, 0.15) is 28.1 Å². The number of ether oxygens (including phenoxy) is 1. The highest BCUT2D eigenvalue weighted by Gasteiger charge is 2.34. The Morgan fingerprint density at radius 3 is 2.50 bits per heavy atom. The SMILES string of the molecule is Cc1cc2nc(COC3CN(Cc4ccc(C(F)(F)F)cc4)CC3F)[nH]c2cc1C. The van der Waals surface area contributed by atoms with Crippen molar-refractivity contribution in [2.24, 2.45) is 0 Å². The van der Waals surface area contributed by atoms with E-state index in [1.165, 1.54) is 12.1 Å². The number of aryl methyl sites for hydroxylation is 2. The molecular weight excluding hydrogens is 398 g/mol. The van der Waals surface area contributed by atoms with E-state index < -0.39 is 24.0 Å². The fourth-order valence-corrected chi connectivity index (χ4v) is 3.73. The van der Waals surface area contributed by atoms with E-state index in [2.05, 4.69) is 9.97 Å². The normalized spacial score (nSPS) is 20.3. The number of aromatic nitrogens is 2. The second-order valence-corrected chi connectivity index (χ2v) is 7.89. The Morgan fingerprint density at radius 1 is 1.10 bits per heavy atom. The molecule has 160 valence electrons. The van der Waals surface area contributed by atoms with Crippen LogP contribution in [0.15, 0.2) is 36.4 Å². The van der Waals surface area contributed by atoms with Crippen molar-refractivity contribution in [3.8, 4) is 0 Å². The second kappa shape index (κ2) is 8.00. The van der Waals surface area contributed by atoms with Gasteiger partial charge in [-0.05, 0) is 54.8 Å². The van der Waals surface area contributed by atoms with E-state index >= 15 is 0 Å². The third-order valence-corrected chi connectivity index (χ3v) is 5.54. The lowest BCUT2D eigenvalue weighted by atomic mass is 10.1. The molecule has 0 saturated carbocycles. The first kappa shape index (κ1) is 20.8. The fraction of sp³-hybridized carbons (Fsp3) is 0.409. The molecule has 2 aromatic carbocycles. The average molecular weight is 421 g/mol. The number of fused-ring (bicyclic) bond motifs is 1. The Balaban J connectivity index is 1.34. The Bertz CT molecular complexity index is 990. The predicted molar refractivity (Wildman–Crippen MR) is 106 cm³/mol. The lowest BCUT2D eigenvalue weighted by Gasteiger charge is -2.16. The number of imidazole rings is 1. The molecule has 0 radical (unpaired) electrons. The van der Waals surface area contributed by atoms with Crippen molar-refractivity contribution < 1.29 is 22.3 Å². The fourth-order valence-electron chi connectivity index (χ4n) is 3.73. The van der Waals surface area contributed by atoms with Gasteiger partial charge < -0.3 is 9.72 Å². The van der Waals surface area contributed by atoms with Gasteiger partial charge in [0.1, 0.15) is 24.7 Å². The van der Waals surface area contributed by atoms with Crippen LogP contribution >= 0.6 is 0 Å². The number of hydrogen-bond donors (Lipinski definition) is 1. The number of benzene rings is 2. The van der Waals surface area contributed by atoms with Gasteiger partial charge in [-0.1, -0.05) is 12.1 Å². The maximum Gasteiger partial charge on any atom is 0.416 e. The summed E-state index contributed by atoms with van der Waals surface area (Å²) in [6, 6.07) is 9.00. The van der Waals surface area contributed by atoms with Gasteiger partial charge in [0, 0.05) is 19.6 Å². The zero-order chi connectivity index (χ0) is 21.5. The molecule has 2 atom stereocenters. The molecule has 2 heterocycles. The molecule has 0 spiro atoms. The molecule has 4 nitrogen and oxygen atoms in total. The van der Waals surface area contributed by atoms with Gasteiger partial charge in [0.25, 0.3) is 0 Å². The van der Waals surface area contributed by atoms with Crippen LogP contribution in [0, 0.1) is 13.8 Å². The van der Waals surface area contributed by atoms with Crippen LogP contribution in [0.5, 0.6) is 0 Å². The van der Waals surface area contributed by atoms with Crippen LogP contribution in [0.25, 0.3) is 11.0 Å². The quantitative estimate of drug-likeness (QED) is 0.594. The Hall–Kier alpha value is -2.45. The smallest absolute Gasteiger partial charge is 0.366 e. The summed E-state index contributed by atoms with van der Waals surface area (Å²) in [6.07, 6.45) is -6.12. The molecule has 3 aromatic rings. The highest BCUT2D eigenvalue weighted by molar-refractivity contribution is 5.77. The predicted octanol–water partition coefficient (Wildman–Crippen LogP) is 4.94. The summed E-state index contributed by atoms with van der Waals surface area (Å²) in [7, 11) is 0. The summed E-state index contributed by atoms with van der Waals surface area (Å²) in [5.41, 5.74) is 4.11. The zero-order valence-electron chi connectivity index (χ0n) is 16.8. The third kappa shape index (κ3) is 4.49. The molecule has 0 bridgehead atoms. The van der Waals surface area contributed by atoms with Gasteiger partial charge in [0.05, 0.1) is 16.6 Å². The van der Waals surface area contributed by atoms with E-state index in [0.29, 0.717) is 24.5 Å². The maximum atomic E-state index is 14.4. The van der Waals surface area contributed by atoms with Crippen molar-refractivity contribution in [3.63, 3.8) is 0 Å². The van der Waals surface area contributed by atoms with Gasteiger partial charge in [0.2, 0.25) is 0 Å². The van der Waals surface area contributed by atoms with Crippen LogP contribution in [-0.2, 0) is 24.1 Å². The van der Waals surface area contributed by atoms with E-state index in [1.54, 1.807) is 0 Å². The Kier molecular flexibility index (Phi) is 5.55. The molecule has 0 amide bonds. The van der Waals surface area contributed by atoms with Crippen molar-refractivity contribution in [1.29, 1.82) is 0 Å². The third-order valence-electron chi connectivity index (χ3n) is 5.54. The van der Waals surface area contributed by atoms with Crippen LogP contribution < -0.4 is 0 Å². The van der Waals surface area contributed by atoms with E-state index in [1.807, 2.05) is 30.9 Å². The molecule has 0 aliphatic carbocycles. The summed E-state index contributed by atoms with van der Waals surface area (Å²) in [5, 5.41) is 0. The molecule has 30 heavy (non-hydrogen) atoms. The number of hydrogen-bond acceptors (Lipinski definition) is 3. The van der Waals surface area contributed by atoms with Crippen LogP contribution in [-0.4, -0.2) is 40.2 Å². The van der Waals surface area contributed by atoms with Crippen molar-refractivity contribution in [2.75, 3.05) is 13.1 Å². The Morgan fingerprint density at radius 2 is 1.80 bits per heavy atom. The summed E-state index contributed by atoms with van der Waals surface area (Å²) >= 11 is 0. The van der Waals surface area contributed by atoms with Crippen molar-refractivity contribution >= 4 is 11.0 Å². The van der Waals surface area contributed by atoms with E-state index in [4.69, 9.17) is 4.74 Å². The lowest BCUT2D eigenvalue weighted by Crippen LogP contribution is -2.24. The number of alkyl halides is 4. The van der Waals surface area contributed by atoms with Crippen LogP contribution in [0.3, 0.4) is 0 Å².